The maximum absolute atomic E-state index is 12.9. The second-order valence-corrected chi connectivity index (χ2v) is 5.06. The lowest BCUT2D eigenvalue weighted by atomic mass is 10.1. The summed E-state index contributed by atoms with van der Waals surface area (Å²) in [6.45, 7) is 0. The highest BCUT2D eigenvalue weighted by molar-refractivity contribution is 7.22. The van der Waals surface area contributed by atoms with Gasteiger partial charge >= 0.3 is 6.30 Å². The number of hydrogen-bond acceptors (Lipinski definition) is 3. The van der Waals surface area contributed by atoms with Gasteiger partial charge in [0.1, 0.15) is 6.07 Å². The molecule has 20 heavy (non-hydrogen) atoms. The van der Waals surface area contributed by atoms with Gasteiger partial charge in [-0.05, 0) is 12.1 Å². The smallest absolute Gasteiger partial charge is 0.192 e. The summed E-state index contributed by atoms with van der Waals surface area (Å²) in [6.07, 6.45) is -3.53. The summed E-state index contributed by atoms with van der Waals surface area (Å²) >= 11 is 1.15. The minimum absolute atomic E-state index is 0.0153. The van der Waals surface area contributed by atoms with Crippen molar-refractivity contribution in [2.75, 3.05) is 0 Å². The van der Waals surface area contributed by atoms with Gasteiger partial charge in [0.15, 0.2) is 0 Å². The number of halogens is 3. The van der Waals surface area contributed by atoms with Crippen LogP contribution in [0.15, 0.2) is 36.5 Å². The van der Waals surface area contributed by atoms with Crippen LogP contribution in [0.1, 0.15) is 5.56 Å². The van der Waals surface area contributed by atoms with Crippen LogP contribution >= 0.6 is 11.3 Å². The van der Waals surface area contributed by atoms with Crippen LogP contribution in [0, 0.1) is 11.3 Å². The molecule has 0 aliphatic heterocycles. The van der Waals surface area contributed by atoms with Crippen LogP contribution < -0.4 is 0 Å². The van der Waals surface area contributed by atoms with Crippen molar-refractivity contribution in [1.82, 2.24) is 9.78 Å². The zero-order valence-corrected chi connectivity index (χ0v) is 10.7. The van der Waals surface area contributed by atoms with Crippen LogP contribution in [0.25, 0.3) is 20.7 Å². The molecule has 2 heterocycles. The molecule has 3 aromatic rings. The van der Waals surface area contributed by atoms with E-state index in [1.807, 2.05) is 6.07 Å². The molecule has 2 aromatic heterocycles. The highest BCUT2D eigenvalue weighted by Gasteiger charge is 2.35. The minimum Gasteiger partial charge on any atom is -0.192 e. The first-order valence-corrected chi connectivity index (χ1v) is 6.37. The van der Waals surface area contributed by atoms with E-state index in [1.54, 1.807) is 24.3 Å². The number of alkyl halides is 3. The lowest BCUT2D eigenvalue weighted by Gasteiger charge is -2.09. The molecule has 0 radical (unpaired) electrons. The third-order valence-electron chi connectivity index (χ3n) is 2.82. The second-order valence-electron chi connectivity index (χ2n) is 4.01. The van der Waals surface area contributed by atoms with Gasteiger partial charge in [-0.1, -0.05) is 18.2 Å². The Morgan fingerprint density at radius 2 is 1.95 bits per heavy atom. The molecule has 0 saturated carbocycles. The Balaban J connectivity index is 2.31. The lowest BCUT2D eigenvalue weighted by Crippen LogP contribution is -2.19. The molecule has 0 bridgehead atoms. The molecule has 7 heteroatoms. The monoisotopic (exact) mass is 293 g/mol. The zero-order valence-electron chi connectivity index (χ0n) is 9.85. The molecule has 0 aliphatic carbocycles. The van der Waals surface area contributed by atoms with E-state index < -0.39 is 6.30 Å². The first kappa shape index (κ1) is 12.7. The number of thiophene rings is 1. The predicted octanol–water partition coefficient (Wildman–Crippen LogP) is 4.11. The van der Waals surface area contributed by atoms with Gasteiger partial charge < -0.3 is 0 Å². The Labute approximate surface area is 115 Å². The van der Waals surface area contributed by atoms with Gasteiger partial charge in [-0.15, -0.1) is 24.5 Å². The van der Waals surface area contributed by atoms with Crippen molar-refractivity contribution in [3.63, 3.8) is 0 Å². The van der Waals surface area contributed by atoms with Gasteiger partial charge in [0.2, 0.25) is 0 Å². The Morgan fingerprint density at radius 3 is 2.65 bits per heavy atom. The van der Waals surface area contributed by atoms with E-state index in [1.165, 1.54) is 6.07 Å². The quantitative estimate of drug-likeness (QED) is 0.677. The molecule has 0 fully saturated rings. The summed E-state index contributed by atoms with van der Waals surface area (Å²) < 4.78 is 39.4. The van der Waals surface area contributed by atoms with E-state index in [9.17, 15) is 18.4 Å². The summed E-state index contributed by atoms with van der Waals surface area (Å²) in [5, 5.41) is 13.2. The second kappa shape index (κ2) is 4.35. The van der Waals surface area contributed by atoms with Crippen molar-refractivity contribution < 1.29 is 13.2 Å². The molecule has 3 rings (SSSR count). The summed E-state index contributed by atoms with van der Waals surface area (Å²) in [4.78, 5) is 0.281. The van der Waals surface area contributed by atoms with Gasteiger partial charge in [0, 0.05) is 16.3 Å². The average Bonchev–Trinajstić information content (AvgIpc) is 3.01. The molecule has 0 N–H and O–H groups in total. The summed E-state index contributed by atoms with van der Waals surface area (Å²) in [7, 11) is 0. The number of benzene rings is 1. The van der Waals surface area contributed by atoms with Crippen LogP contribution in [0.2, 0.25) is 0 Å². The molecular weight excluding hydrogens is 287 g/mol. The molecular formula is C13H6F3N3S. The van der Waals surface area contributed by atoms with Gasteiger partial charge in [-0.25, -0.2) is 0 Å². The van der Waals surface area contributed by atoms with E-state index in [-0.39, 0.29) is 20.8 Å². The highest BCUT2D eigenvalue weighted by atomic mass is 32.1. The van der Waals surface area contributed by atoms with Crippen LogP contribution in [0.3, 0.4) is 0 Å². The van der Waals surface area contributed by atoms with E-state index in [4.69, 9.17) is 0 Å². The van der Waals surface area contributed by atoms with Crippen LogP contribution in [0.4, 0.5) is 13.2 Å². The molecule has 0 atom stereocenters. The van der Waals surface area contributed by atoms with E-state index in [0.29, 0.717) is 5.39 Å². The van der Waals surface area contributed by atoms with Crippen LogP contribution in [-0.4, -0.2) is 9.78 Å². The molecule has 0 saturated heterocycles. The third-order valence-corrected chi connectivity index (χ3v) is 4.02. The third kappa shape index (κ3) is 1.85. The van der Waals surface area contributed by atoms with Gasteiger partial charge in [-0.2, -0.15) is 15.0 Å². The number of aromatic nitrogens is 2. The van der Waals surface area contributed by atoms with E-state index in [2.05, 4.69) is 5.10 Å². The topological polar surface area (TPSA) is 41.6 Å². The number of rotatable bonds is 1. The lowest BCUT2D eigenvalue weighted by molar-refractivity contribution is -0.210. The molecule has 0 amide bonds. The zero-order chi connectivity index (χ0) is 14.3. The van der Waals surface area contributed by atoms with Crippen molar-refractivity contribution in [2.45, 2.75) is 6.30 Å². The van der Waals surface area contributed by atoms with Crippen molar-refractivity contribution >= 4 is 21.4 Å². The SMILES string of the molecule is N#Cc1c(-c2ccnn2C(F)(F)F)sc2ccccc12. The number of fused-ring (bicyclic) bond motifs is 1. The molecule has 0 aliphatic rings. The van der Waals surface area contributed by atoms with Crippen molar-refractivity contribution in [2.24, 2.45) is 0 Å². The van der Waals surface area contributed by atoms with Gasteiger partial charge in [0.05, 0.1) is 16.1 Å². The fraction of sp³-hybridized carbons (Fsp3) is 0.0769. The van der Waals surface area contributed by atoms with Crippen molar-refractivity contribution in [3.05, 3.63) is 42.1 Å². The van der Waals surface area contributed by atoms with Crippen molar-refractivity contribution in [3.8, 4) is 16.6 Å². The summed E-state index contributed by atoms with van der Waals surface area (Å²) in [6, 6.07) is 10.3. The first-order valence-electron chi connectivity index (χ1n) is 5.55. The Kier molecular flexibility index (Phi) is 2.76. The predicted molar refractivity (Wildman–Crippen MR) is 69.1 cm³/mol. The highest BCUT2D eigenvalue weighted by Crippen LogP contribution is 2.39. The average molecular weight is 293 g/mol. The summed E-state index contributed by atoms with van der Waals surface area (Å²) in [5.41, 5.74) is 0.131. The minimum atomic E-state index is -4.61. The Hall–Kier alpha value is -2.33. The fourth-order valence-electron chi connectivity index (χ4n) is 2.01. The molecule has 0 unspecified atom stereocenters. The Bertz CT molecular complexity index is 823. The number of nitriles is 1. The normalized spacial score (nSPS) is 11.7. The van der Waals surface area contributed by atoms with E-state index >= 15 is 0 Å². The standard InChI is InChI=1S/C13H6F3N3S/c14-13(15,16)19-10(5-6-18-19)12-9(7-17)8-3-1-2-4-11(8)20-12/h1-6H. The largest absolute Gasteiger partial charge is 0.505 e. The Morgan fingerprint density at radius 1 is 1.20 bits per heavy atom. The number of hydrogen-bond donors (Lipinski definition) is 0. The first-order chi connectivity index (χ1) is 9.52. The van der Waals surface area contributed by atoms with Gasteiger partial charge in [0.25, 0.3) is 0 Å². The number of nitrogens with zero attached hydrogens (tertiary/aromatic N) is 3. The van der Waals surface area contributed by atoms with Crippen molar-refractivity contribution in [1.29, 1.82) is 5.26 Å². The summed E-state index contributed by atoms with van der Waals surface area (Å²) in [5.74, 6) is 0. The van der Waals surface area contributed by atoms with Crippen LogP contribution in [-0.2, 0) is 6.30 Å². The maximum Gasteiger partial charge on any atom is 0.505 e. The van der Waals surface area contributed by atoms with Crippen LogP contribution in [0.5, 0.6) is 0 Å². The van der Waals surface area contributed by atoms with Gasteiger partial charge in [-0.3, -0.25) is 0 Å². The molecule has 3 nitrogen and oxygen atoms in total. The fourth-order valence-corrected chi connectivity index (χ4v) is 3.18. The molecule has 1 aromatic carbocycles. The molecule has 0 spiro atoms. The molecule has 100 valence electrons. The maximum atomic E-state index is 12.9. The van der Waals surface area contributed by atoms with E-state index in [0.717, 1.165) is 22.2 Å².